The molecule has 1 aliphatic rings. The van der Waals surface area contributed by atoms with Crippen molar-refractivity contribution in [2.45, 2.75) is 26.2 Å². The van der Waals surface area contributed by atoms with Crippen LogP contribution in [0.15, 0.2) is 42.6 Å². The molecule has 1 saturated heterocycles. The number of nitrogens with one attached hydrogen (secondary N) is 1. The minimum absolute atomic E-state index is 0.0317. The standard InChI is InChI=1S/C18H21N3O/c1-14-6-2-3-7-15(14)12-18(22)20-17-9-8-16(13-19-17)21-10-4-5-11-21/h2-3,6-9,13H,4-5,10-12H2,1H3,(H,19,20,22). The molecule has 4 nitrogen and oxygen atoms in total. The summed E-state index contributed by atoms with van der Waals surface area (Å²) in [6.07, 6.45) is 4.71. The number of aromatic nitrogens is 1. The van der Waals surface area contributed by atoms with Gasteiger partial charge in [0.05, 0.1) is 18.3 Å². The van der Waals surface area contributed by atoms with Crippen LogP contribution in [-0.2, 0) is 11.2 Å². The summed E-state index contributed by atoms with van der Waals surface area (Å²) in [5.74, 6) is 0.581. The molecule has 0 bridgehead atoms. The first-order chi connectivity index (χ1) is 10.7. The van der Waals surface area contributed by atoms with Crippen molar-refractivity contribution in [1.29, 1.82) is 0 Å². The summed E-state index contributed by atoms with van der Waals surface area (Å²) in [6.45, 7) is 4.22. The first-order valence-corrected chi connectivity index (χ1v) is 7.78. The Morgan fingerprint density at radius 1 is 1.18 bits per heavy atom. The summed E-state index contributed by atoms with van der Waals surface area (Å²) in [6, 6.07) is 11.9. The third-order valence-corrected chi connectivity index (χ3v) is 4.10. The zero-order valence-corrected chi connectivity index (χ0v) is 12.9. The fraction of sp³-hybridized carbons (Fsp3) is 0.333. The number of anilines is 2. The third-order valence-electron chi connectivity index (χ3n) is 4.10. The molecular formula is C18H21N3O. The molecule has 2 aromatic rings. The van der Waals surface area contributed by atoms with E-state index in [9.17, 15) is 4.79 Å². The second-order valence-corrected chi connectivity index (χ2v) is 5.75. The number of rotatable bonds is 4. The Hall–Kier alpha value is -2.36. The molecule has 0 aliphatic carbocycles. The molecular weight excluding hydrogens is 274 g/mol. The minimum atomic E-state index is -0.0317. The normalized spacial score (nSPS) is 14.1. The van der Waals surface area contributed by atoms with E-state index in [-0.39, 0.29) is 5.91 Å². The predicted molar refractivity (Wildman–Crippen MR) is 89.2 cm³/mol. The summed E-state index contributed by atoms with van der Waals surface area (Å²) in [7, 11) is 0. The highest BCUT2D eigenvalue weighted by Crippen LogP contribution is 2.20. The maximum Gasteiger partial charge on any atom is 0.229 e. The average molecular weight is 295 g/mol. The lowest BCUT2D eigenvalue weighted by Gasteiger charge is -2.17. The van der Waals surface area contributed by atoms with Gasteiger partial charge >= 0.3 is 0 Å². The van der Waals surface area contributed by atoms with Gasteiger partial charge in [-0.15, -0.1) is 0 Å². The van der Waals surface area contributed by atoms with E-state index in [2.05, 4.69) is 15.2 Å². The van der Waals surface area contributed by atoms with Crippen LogP contribution in [-0.4, -0.2) is 24.0 Å². The number of benzene rings is 1. The molecule has 1 N–H and O–H groups in total. The van der Waals surface area contributed by atoms with Crippen molar-refractivity contribution in [2.24, 2.45) is 0 Å². The SMILES string of the molecule is Cc1ccccc1CC(=O)Nc1ccc(N2CCCC2)cn1. The number of carbonyl (C=O) groups excluding carboxylic acids is 1. The van der Waals surface area contributed by atoms with Gasteiger partial charge in [-0.3, -0.25) is 4.79 Å². The number of hydrogen-bond donors (Lipinski definition) is 1. The van der Waals surface area contributed by atoms with Gasteiger partial charge in [-0.25, -0.2) is 4.98 Å². The molecule has 0 unspecified atom stereocenters. The minimum Gasteiger partial charge on any atom is -0.370 e. The third kappa shape index (κ3) is 3.45. The second kappa shape index (κ2) is 6.60. The zero-order valence-electron chi connectivity index (χ0n) is 12.9. The Kier molecular flexibility index (Phi) is 4.37. The highest BCUT2D eigenvalue weighted by atomic mass is 16.1. The second-order valence-electron chi connectivity index (χ2n) is 5.75. The first kappa shape index (κ1) is 14.6. The first-order valence-electron chi connectivity index (χ1n) is 7.78. The van der Waals surface area contributed by atoms with Gasteiger partial charge in [0.1, 0.15) is 5.82 Å². The molecule has 0 spiro atoms. The summed E-state index contributed by atoms with van der Waals surface area (Å²) < 4.78 is 0. The smallest absolute Gasteiger partial charge is 0.229 e. The fourth-order valence-corrected chi connectivity index (χ4v) is 2.79. The van der Waals surface area contributed by atoms with Gasteiger partial charge in [0.2, 0.25) is 5.91 Å². The molecule has 3 rings (SSSR count). The van der Waals surface area contributed by atoms with Crippen molar-refractivity contribution in [2.75, 3.05) is 23.3 Å². The van der Waals surface area contributed by atoms with Crippen molar-refractivity contribution in [3.05, 3.63) is 53.7 Å². The molecule has 1 aromatic heterocycles. The summed E-state index contributed by atoms with van der Waals surface area (Å²) in [4.78, 5) is 18.8. The number of aryl methyl sites for hydroxylation is 1. The molecule has 114 valence electrons. The molecule has 0 atom stereocenters. The van der Waals surface area contributed by atoms with Crippen LogP contribution in [0.25, 0.3) is 0 Å². The van der Waals surface area contributed by atoms with E-state index in [1.807, 2.05) is 49.5 Å². The number of amides is 1. The van der Waals surface area contributed by atoms with Crippen LogP contribution in [0.5, 0.6) is 0 Å². The van der Waals surface area contributed by atoms with Crippen LogP contribution in [0.4, 0.5) is 11.5 Å². The summed E-state index contributed by atoms with van der Waals surface area (Å²) in [5, 5.41) is 2.87. The van der Waals surface area contributed by atoms with E-state index in [1.165, 1.54) is 12.8 Å². The highest BCUT2D eigenvalue weighted by molar-refractivity contribution is 5.91. The van der Waals surface area contributed by atoms with E-state index in [0.717, 1.165) is 29.9 Å². The van der Waals surface area contributed by atoms with Crippen LogP contribution < -0.4 is 10.2 Å². The van der Waals surface area contributed by atoms with Gasteiger partial charge in [0, 0.05) is 13.1 Å². The van der Waals surface area contributed by atoms with Gasteiger partial charge in [-0.2, -0.15) is 0 Å². The molecule has 22 heavy (non-hydrogen) atoms. The Balaban J connectivity index is 1.60. The molecule has 1 aromatic carbocycles. The van der Waals surface area contributed by atoms with E-state index in [0.29, 0.717) is 12.2 Å². The Morgan fingerprint density at radius 3 is 2.64 bits per heavy atom. The summed E-state index contributed by atoms with van der Waals surface area (Å²) in [5.41, 5.74) is 3.32. The van der Waals surface area contributed by atoms with E-state index in [1.54, 1.807) is 0 Å². The Morgan fingerprint density at radius 2 is 1.95 bits per heavy atom. The van der Waals surface area contributed by atoms with Crippen molar-refractivity contribution < 1.29 is 4.79 Å². The van der Waals surface area contributed by atoms with Gasteiger partial charge in [-0.1, -0.05) is 24.3 Å². The number of hydrogen-bond acceptors (Lipinski definition) is 3. The van der Waals surface area contributed by atoms with Crippen molar-refractivity contribution in [3.8, 4) is 0 Å². The average Bonchev–Trinajstić information content (AvgIpc) is 3.05. The van der Waals surface area contributed by atoms with Gasteiger partial charge in [-0.05, 0) is 43.0 Å². The number of pyridine rings is 1. The molecule has 1 amide bonds. The maximum absolute atomic E-state index is 12.1. The van der Waals surface area contributed by atoms with Crippen molar-refractivity contribution in [1.82, 2.24) is 4.98 Å². The van der Waals surface area contributed by atoms with Crippen molar-refractivity contribution in [3.63, 3.8) is 0 Å². The molecule has 4 heteroatoms. The predicted octanol–water partition coefficient (Wildman–Crippen LogP) is 3.17. The highest BCUT2D eigenvalue weighted by Gasteiger charge is 2.13. The van der Waals surface area contributed by atoms with E-state index in [4.69, 9.17) is 0 Å². The fourth-order valence-electron chi connectivity index (χ4n) is 2.79. The molecule has 2 heterocycles. The van der Waals surface area contributed by atoms with Crippen LogP contribution in [0, 0.1) is 6.92 Å². The van der Waals surface area contributed by atoms with Crippen LogP contribution in [0.3, 0.4) is 0 Å². The molecule has 1 fully saturated rings. The van der Waals surface area contributed by atoms with E-state index < -0.39 is 0 Å². The van der Waals surface area contributed by atoms with E-state index >= 15 is 0 Å². The maximum atomic E-state index is 12.1. The zero-order chi connectivity index (χ0) is 15.4. The molecule has 0 radical (unpaired) electrons. The van der Waals surface area contributed by atoms with Gasteiger partial charge in [0.15, 0.2) is 0 Å². The van der Waals surface area contributed by atoms with Gasteiger partial charge < -0.3 is 10.2 Å². The monoisotopic (exact) mass is 295 g/mol. The van der Waals surface area contributed by atoms with Gasteiger partial charge in [0.25, 0.3) is 0 Å². The van der Waals surface area contributed by atoms with Crippen LogP contribution in [0.1, 0.15) is 24.0 Å². The Bertz CT molecular complexity index is 646. The number of carbonyl (C=O) groups is 1. The van der Waals surface area contributed by atoms with Crippen LogP contribution in [0.2, 0.25) is 0 Å². The lowest BCUT2D eigenvalue weighted by Crippen LogP contribution is -2.19. The lowest BCUT2D eigenvalue weighted by atomic mass is 10.1. The Labute approximate surface area is 131 Å². The van der Waals surface area contributed by atoms with Crippen molar-refractivity contribution >= 4 is 17.4 Å². The quantitative estimate of drug-likeness (QED) is 0.942. The van der Waals surface area contributed by atoms with Crippen LogP contribution >= 0.6 is 0 Å². The molecule has 1 aliphatic heterocycles. The lowest BCUT2D eigenvalue weighted by molar-refractivity contribution is -0.115. The topological polar surface area (TPSA) is 45.2 Å². The number of nitrogens with zero attached hydrogens (tertiary/aromatic N) is 2. The molecule has 0 saturated carbocycles. The summed E-state index contributed by atoms with van der Waals surface area (Å²) >= 11 is 0. The largest absolute Gasteiger partial charge is 0.370 e.